The van der Waals surface area contributed by atoms with Gasteiger partial charge in [-0.1, -0.05) is 12.1 Å². The molecule has 3 nitrogen and oxygen atoms in total. The fourth-order valence-electron chi connectivity index (χ4n) is 1.88. The Bertz CT molecular complexity index is 611. The van der Waals surface area contributed by atoms with E-state index in [0.717, 1.165) is 0 Å². The van der Waals surface area contributed by atoms with E-state index in [1.807, 2.05) is 0 Å². The smallest absolute Gasteiger partial charge is 0.152 e. The third-order valence-corrected chi connectivity index (χ3v) is 2.96. The van der Waals surface area contributed by atoms with Crippen LogP contribution in [-0.4, -0.2) is 18.8 Å². The van der Waals surface area contributed by atoms with Crippen LogP contribution in [0.1, 0.15) is 11.7 Å². The van der Waals surface area contributed by atoms with Gasteiger partial charge in [0.1, 0.15) is 17.3 Å². The average molecular weight is 297 g/mol. The Labute approximate surface area is 120 Å². The minimum Gasteiger partial charge on any atom is -0.497 e. The third-order valence-electron chi connectivity index (χ3n) is 2.96. The molecule has 0 aliphatic rings. The Kier molecular flexibility index (Phi) is 4.70. The molecule has 2 rings (SSSR count). The van der Waals surface area contributed by atoms with E-state index in [1.165, 1.54) is 7.11 Å². The van der Waals surface area contributed by atoms with Crippen LogP contribution < -0.4 is 10.1 Å². The highest BCUT2D eigenvalue weighted by Crippen LogP contribution is 2.23. The van der Waals surface area contributed by atoms with Crippen molar-refractivity contribution < 1.29 is 23.0 Å². The molecule has 0 heterocycles. The van der Waals surface area contributed by atoms with E-state index in [-0.39, 0.29) is 6.54 Å². The second kappa shape index (κ2) is 6.49. The van der Waals surface area contributed by atoms with Crippen molar-refractivity contribution >= 4 is 5.69 Å². The largest absolute Gasteiger partial charge is 0.497 e. The number of rotatable bonds is 5. The molecule has 0 aliphatic carbocycles. The van der Waals surface area contributed by atoms with Gasteiger partial charge in [0.15, 0.2) is 11.6 Å². The lowest BCUT2D eigenvalue weighted by Crippen LogP contribution is -2.14. The molecule has 0 fully saturated rings. The van der Waals surface area contributed by atoms with Crippen LogP contribution in [0, 0.1) is 17.5 Å². The van der Waals surface area contributed by atoms with Crippen molar-refractivity contribution in [1.82, 2.24) is 0 Å². The highest BCUT2D eigenvalue weighted by Gasteiger charge is 2.14. The standard InChI is InChI=1S/C15H14F3NO2/c1-21-11-4-2-3-9(5-11)14(20)8-19-15-12(17)6-10(16)7-13(15)18/h2-7,14,19-20H,8H2,1H3. The number of hydrogen-bond acceptors (Lipinski definition) is 3. The van der Waals surface area contributed by atoms with Crippen molar-refractivity contribution in [3.05, 3.63) is 59.4 Å². The molecule has 1 atom stereocenters. The van der Waals surface area contributed by atoms with E-state index in [0.29, 0.717) is 23.4 Å². The Hall–Kier alpha value is -2.21. The summed E-state index contributed by atoms with van der Waals surface area (Å²) in [5, 5.41) is 12.4. The summed E-state index contributed by atoms with van der Waals surface area (Å²) in [5.74, 6) is -2.54. The van der Waals surface area contributed by atoms with Crippen LogP contribution in [0.2, 0.25) is 0 Å². The molecule has 0 amide bonds. The molecule has 1 unspecified atom stereocenters. The maximum Gasteiger partial charge on any atom is 0.152 e. The summed E-state index contributed by atoms with van der Waals surface area (Å²) in [6.07, 6.45) is -0.996. The summed E-state index contributed by atoms with van der Waals surface area (Å²) in [6, 6.07) is 7.82. The number of nitrogens with one attached hydrogen (secondary N) is 1. The lowest BCUT2D eigenvalue weighted by Gasteiger charge is -2.15. The van der Waals surface area contributed by atoms with Gasteiger partial charge in [-0.2, -0.15) is 0 Å². The average Bonchev–Trinajstić information content (AvgIpc) is 2.46. The zero-order valence-corrected chi connectivity index (χ0v) is 11.2. The molecule has 2 aromatic carbocycles. The van der Waals surface area contributed by atoms with E-state index in [4.69, 9.17) is 4.74 Å². The molecule has 0 saturated carbocycles. The van der Waals surface area contributed by atoms with E-state index in [9.17, 15) is 18.3 Å². The number of aliphatic hydroxyl groups is 1. The van der Waals surface area contributed by atoms with Crippen molar-refractivity contribution in [3.63, 3.8) is 0 Å². The molecule has 2 aromatic rings. The van der Waals surface area contributed by atoms with Crippen molar-refractivity contribution in [2.75, 3.05) is 19.0 Å². The monoisotopic (exact) mass is 297 g/mol. The van der Waals surface area contributed by atoms with Gasteiger partial charge in [0.25, 0.3) is 0 Å². The van der Waals surface area contributed by atoms with Crippen LogP contribution in [-0.2, 0) is 0 Å². The SMILES string of the molecule is COc1cccc(C(O)CNc2c(F)cc(F)cc2F)c1. The van der Waals surface area contributed by atoms with Crippen molar-refractivity contribution in [2.24, 2.45) is 0 Å². The van der Waals surface area contributed by atoms with Crippen molar-refractivity contribution in [2.45, 2.75) is 6.10 Å². The Morgan fingerprint density at radius 1 is 1.14 bits per heavy atom. The molecule has 6 heteroatoms. The summed E-state index contributed by atoms with van der Waals surface area (Å²) < 4.78 is 44.7. The lowest BCUT2D eigenvalue weighted by molar-refractivity contribution is 0.191. The van der Waals surface area contributed by atoms with E-state index < -0.39 is 29.2 Å². The van der Waals surface area contributed by atoms with Crippen molar-refractivity contribution in [1.29, 1.82) is 0 Å². The zero-order valence-electron chi connectivity index (χ0n) is 11.2. The van der Waals surface area contributed by atoms with Gasteiger partial charge in [-0.3, -0.25) is 0 Å². The third kappa shape index (κ3) is 3.66. The van der Waals surface area contributed by atoms with Crippen LogP contribution in [0.4, 0.5) is 18.9 Å². The van der Waals surface area contributed by atoms with Gasteiger partial charge in [0.05, 0.1) is 13.2 Å². The highest BCUT2D eigenvalue weighted by atomic mass is 19.1. The van der Waals surface area contributed by atoms with Gasteiger partial charge in [-0.25, -0.2) is 13.2 Å². The van der Waals surface area contributed by atoms with Crippen molar-refractivity contribution in [3.8, 4) is 5.75 Å². The molecule has 21 heavy (non-hydrogen) atoms. The fourth-order valence-corrected chi connectivity index (χ4v) is 1.88. The number of anilines is 1. The molecule has 0 aliphatic heterocycles. The second-order valence-corrected chi connectivity index (χ2v) is 4.42. The van der Waals surface area contributed by atoms with E-state index in [2.05, 4.69) is 5.32 Å². The number of benzene rings is 2. The number of aliphatic hydroxyl groups excluding tert-OH is 1. The van der Waals surface area contributed by atoms with Gasteiger partial charge in [0, 0.05) is 18.7 Å². The van der Waals surface area contributed by atoms with Crippen LogP contribution in [0.25, 0.3) is 0 Å². The summed E-state index contributed by atoms with van der Waals surface area (Å²) in [4.78, 5) is 0. The summed E-state index contributed by atoms with van der Waals surface area (Å²) in [5.41, 5.74) is 0.0584. The number of halogens is 3. The maximum absolute atomic E-state index is 13.4. The molecular formula is C15H14F3NO2. The minimum absolute atomic E-state index is 0.132. The number of hydrogen-bond donors (Lipinski definition) is 2. The first kappa shape index (κ1) is 15.2. The van der Waals surface area contributed by atoms with Gasteiger partial charge >= 0.3 is 0 Å². The molecule has 2 N–H and O–H groups in total. The Morgan fingerprint density at radius 2 is 1.81 bits per heavy atom. The number of ether oxygens (including phenoxy) is 1. The first-order valence-electron chi connectivity index (χ1n) is 6.21. The summed E-state index contributed by atoms with van der Waals surface area (Å²) in [7, 11) is 1.49. The molecular weight excluding hydrogens is 283 g/mol. The normalized spacial score (nSPS) is 12.0. The zero-order chi connectivity index (χ0) is 15.4. The van der Waals surface area contributed by atoms with Crippen LogP contribution in [0.15, 0.2) is 36.4 Å². The van der Waals surface area contributed by atoms with Crippen LogP contribution in [0.3, 0.4) is 0 Å². The quantitative estimate of drug-likeness (QED) is 0.890. The second-order valence-electron chi connectivity index (χ2n) is 4.42. The summed E-state index contributed by atoms with van der Waals surface area (Å²) in [6.45, 7) is -0.132. The molecule has 0 saturated heterocycles. The topological polar surface area (TPSA) is 41.5 Å². The molecule has 0 radical (unpaired) electrons. The van der Waals surface area contributed by atoms with Gasteiger partial charge in [-0.15, -0.1) is 0 Å². The Balaban J connectivity index is 2.09. The highest BCUT2D eigenvalue weighted by molar-refractivity contribution is 5.46. The Morgan fingerprint density at radius 3 is 2.43 bits per heavy atom. The molecule has 0 aromatic heterocycles. The van der Waals surface area contributed by atoms with Crippen LogP contribution >= 0.6 is 0 Å². The first-order valence-corrected chi connectivity index (χ1v) is 6.21. The predicted molar refractivity (Wildman–Crippen MR) is 72.8 cm³/mol. The lowest BCUT2D eigenvalue weighted by atomic mass is 10.1. The summed E-state index contributed by atoms with van der Waals surface area (Å²) >= 11 is 0. The first-order chi connectivity index (χ1) is 10.0. The number of methoxy groups -OCH3 is 1. The predicted octanol–water partition coefficient (Wildman–Crippen LogP) is 3.26. The van der Waals surface area contributed by atoms with Gasteiger partial charge in [-0.05, 0) is 17.7 Å². The van der Waals surface area contributed by atoms with E-state index >= 15 is 0 Å². The van der Waals surface area contributed by atoms with Gasteiger partial charge in [0.2, 0.25) is 0 Å². The minimum atomic E-state index is -1.05. The molecule has 0 spiro atoms. The molecule has 112 valence electrons. The fraction of sp³-hybridized carbons (Fsp3) is 0.200. The van der Waals surface area contributed by atoms with Gasteiger partial charge < -0.3 is 15.2 Å². The molecule has 0 bridgehead atoms. The van der Waals surface area contributed by atoms with Crippen LogP contribution in [0.5, 0.6) is 5.75 Å². The van der Waals surface area contributed by atoms with E-state index in [1.54, 1.807) is 24.3 Å². The maximum atomic E-state index is 13.4.